The van der Waals surface area contributed by atoms with Crippen molar-refractivity contribution in [3.8, 4) is 17.9 Å². The molecule has 0 bridgehead atoms. The van der Waals surface area contributed by atoms with Gasteiger partial charge in [0.2, 0.25) is 0 Å². The number of hydrogen-bond donors (Lipinski definition) is 0. The molecule has 3 aromatic rings. The predicted octanol–water partition coefficient (Wildman–Crippen LogP) is 6.40. The molecule has 0 radical (unpaired) electrons. The average Bonchev–Trinajstić information content (AvgIpc) is 2.79. The molecule has 0 saturated heterocycles. The van der Waals surface area contributed by atoms with Crippen molar-refractivity contribution in [3.63, 3.8) is 0 Å². The van der Waals surface area contributed by atoms with Gasteiger partial charge in [0.1, 0.15) is 17.7 Å². The van der Waals surface area contributed by atoms with Crippen molar-refractivity contribution in [1.29, 1.82) is 10.5 Å². The molecule has 0 spiro atoms. The van der Waals surface area contributed by atoms with Crippen LogP contribution in [0.5, 0.6) is 5.75 Å². The molecule has 1 aliphatic rings. The zero-order valence-electron chi connectivity index (χ0n) is 17.8. The second-order valence-electron chi connectivity index (χ2n) is 8.49. The fourth-order valence-electron chi connectivity index (χ4n) is 4.49. The van der Waals surface area contributed by atoms with Crippen LogP contribution in [0.2, 0.25) is 0 Å². The SMILES string of the molecule is Cc1cccc2c(OC(=O)c3ccc(C4CCC(C)CC4)cc3)c(C#N)c(C#N)cc12. The molecule has 1 aliphatic carbocycles. The Labute approximate surface area is 182 Å². The highest BCUT2D eigenvalue weighted by molar-refractivity contribution is 5.99. The number of aryl methyl sites for hydroxylation is 1. The summed E-state index contributed by atoms with van der Waals surface area (Å²) in [5, 5.41) is 20.6. The summed E-state index contributed by atoms with van der Waals surface area (Å²) in [7, 11) is 0. The van der Waals surface area contributed by atoms with Crippen LogP contribution < -0.4 is 4.74 Å². The molecule has 0 N–H and O–H groups in total. The molecule has 4 rings (SSSR count). The molecular formula is C27H24N2O2. The van der Waals surface area contributed by atoms with E-state index in [-0.39, 0.29) is 16.9 Å². The average molecular weight is 409 g/mol. The minimum absolute atomic E-state index is 0.0851. The van der Waals surface area contributed by atoms with Gasteiger partial charge in [-0.3, -0.25) is 0 Å². The number of benzene rings is 3. The Morgan fingerprint density at radius 1 is 0.968 bits per heavy atom. The number of fused-ring (bicyclic) bond motifs is 1. The van der Waals surface area contributed by atoms with Gasteiger partial charge in [-0.05, 0) is 66.3 Å². The Kier molecular flexibility index (Phi) is 5.74. The molecule has 4 heteroatoms. The van der Waals surface area contributed by atoms with Crippen molar-refractivity contribution < 1.29 is 9.53 Å². The number of nitriles is 2. The van der Waals surface area contributed by atoms with E-state index in [4.69, 9.17) is 4.74 Å². The molecule has 0 amide bonds. The monoisotopic (exact) mass is 408 g/mol. The van der Waals surface area contributed by atoms with Crippen LogP contribution in [-0.4, -0.2) is 5.97 Å². The van der Waals surface area contributed by atoms with Gasteiger partial charge >= 0.3 is 5.97 Å². The van der Waals surface area contributed by atoms with Crippen LogP contribution in [0, 0.1) is 35.5 Å². The number of nitrogens with zero attached hydrogens (tertiary/aromatic N) is 2. The lowest BCUT2D eigenvalue weighted by Crippen LogP contribution is -2.12. The standard InChI is InChI=1S/C27H24N2O2/c1-17-6-8-19(9-7-17)20-10-12-21(13-11-20)27(30)31-26-23-5-3-4-18(2)24(23)14-22(15-28)25(26)16-29/h3-5,10-14,17,19H,6-9H2,1-2H3. The summed E-state index contributed by atoms with van der Waals surface area (Å²) in [5.41, 5.74) is 2.92. The molecule has 0 heterocycles. The highest BCUT2D eigenvalue weighted by Gasteiger charge is 2.22. The van der Waals surface area contributed by atoms with Crippen molar-refractivity contribution >= 4 is 16.7 Å². The lowest BCUT2D eigenvalue weighted by atomic mass is 9.79. The van der Waals surface area contributed by atoms with Gasteiger partial charge in [-0.15, -0.1) is 0 Å². The van der Waals surface area contributed by atoms with E-state index in [1.807, 2.05) is 37.3 Å². The topological polar surface area (TPSA) is 73.9 Å². The number of esters is 1. The second-order valence-corrected chi connectivity index (χ2v) is 8.49. The molecule has 31 heavy (non-hydrogen) atoms. The van der Waals surface area contributed by atoms with Crippen molar-refractivity contribution in [2.75, 3.05) is 0 Å². The first-order chi connectivity index (χ1) is 15.0. The van der Waals surface area contributed by atoms with Crippen LogP contribution in [0.1, 0.15) is 71.1 Å². The van der Waals surface area contributed by atoms with Crippen LogP contribution in [-0.2, 0) is 0 Å². The highest BCUT2D eigenvalue weighted by Crippen LogP contribution is 2.36. The smallest absolute Gasteiger partial charge is 0.343 e. The fraction of sp³-hybridized carbons (Fsp3) is 0.296. The Balaban J connectivity index is 1.65. The van der Waals surface area contributed by atoms with Gasteiger partial charge in [0, 0.05) is 5.39 Å². The number of rotatable bonds is 3. The number of ether oxygens (including phenoxy) is 1. The van der Waals surface area contributed by atoms with E-state index < -0.39 is 5.97 Å². The Hall–Kier alpha value is -3.63. The molecule has 0 atom stereocenters. The van der Waals surface area contributed by atoms with E-state index in [9.17, 15) is 15.3 Å². The van der Waals surface area contributed by atoms with E-state index in [0.717, 1.165) is 16.9 Å². The zero-order valence-corrected chi connectivity index (χ0v) is 17.8. The van der Waals surface area contributed by atoms with Crippen LogP contribution in [0.4, 0.5) is 0 Å². The normalized spacial score (nSPS) is 18.2. The summed E-state index contributed by atoms with van der Waals surface area (Å²) in [6, 6.07) is 19.0. The van der Waals surface area contributed by atoms with Crippen LogP contribution >= 0.6 is 0 Å². The van der Waals surface area contributed by atoms with E-state index >= 15 is 0 Å². The number of carbonyl (C=O) groups excluding carboxylic acids is 1. The van der Waals surface area contributed by atoms with Crippen LogP contribution in [0.15, 0.2) is 48.5 Å². The van der Waals surface area contributed by atoms with Crippen LogP contribution in [0.3, 0.4) is 0 Å². The molecular weight excluding hydrogens is 384 g/mol. The van der Waals surface area contributed by atoms with Gasteiger partial charge in [0.15, 0.2) is 5.75 Å². The Morgan fingerprint density at radius 2 is 1.68 bits per heavy atom. The van der Waals surface area contributed by atoms with Gasteiger partial charge in [-0.25, -0.2) is 4.79 Å². The van der Waals surface area contributed by atoms with E-state index in [1.165, 1.54) is 31.2 Å². The third kappa shape index (κ3) is 4.03. The molecule has 0 aromatic heterocycles. The molecule has 4 nitrogen and oxygen atoms in total. The van der Waals surface area contributed by atoms with Crippen molar-refractivity contribution in [2.45, 2.75) is 45.4 Å². The lowest BCUT2D eigenvalue weighted by molar-refractivity contribution is 0.0736. The third-order valence-corrected chi connectivity index (χ3v) is 6.41. The zero-order chi connectivity index (χ0) is 22.0. The summed E-state index contributed by atoms with van der Waals surface area (Å²) in [6.45, 7) is 4.23. The second kappa shape index (κ2) is 8.62. The maximum Gasteiger partial charge on any atom is 0.343 e. The molecule has 1 fully saturated rings. The van der Waals surface area contributed by atoms with Crippen molar-refractivity contribution in [3.05, 3.63) is 76.3 Å². The fourth-order valence-corrected chi connectivity index (χ4v) is 4.49. The van der Waals surface area contributed by atoms with E-state index in [0.29, 0.717) is 16.9 Å². The summed E-state index contributed by atoms with van der Waals surface area (Å²) < 4.78 is 5.72. The Bertz CT molecular complexity index is 1220. The maximum absolute atomic E-state index is 12.9. The summed E-state index contributed by atoms with van der Waals surface area (Å²) in [5.74, 6) is 0.960. The summed E-state index contributed by atoms with van der Waals surface area (Å²) in [4.78, 5) is 12.9. The maximum atomic E-state index is 12.9. The first-order valence-corrected chi connectivity index (χ1v) is 10.7. The van der Waals surface area contributed by atoms with Crippen LogP contribution in [0.25, 0.3) is 10.8 Å². The molecule has 154 valence electrons. The van der Waals surface area contributed by atoms with Crippen molar-refractivity contribution in [1.82, 2.24) is 0 Å². The number of carbonyl (C=O) groups is 1. The minimum Gasteiger partial charge on any atom is -0.421 e. The Morgan fingerprint density at radius 3 is 2.32 bits per heavy atom. The number of hydrogen-bond acceptors (Lipinski definition) is 4. The molecule has 1 saturated carbocycles. The third-order valence-electron chi connectivity index (χ3n) is 6.41. The first kappa shape index (κ1) is 20.6. The van der Waals surface area contributed by atoms with Gasteiger partial charge < -0.3 is 4.74 Å². The summed E-state index contributed by atoms with van der Waals surface area (Å²) in [6.07, 6.45) is 4.85. The van der Waals surface area contributed by atoms with E-state index in [1.54, 1.807) is 24.3 Å². The van der Waals surface area contributed by atoms with Crippen molar-refractivity contribution in [2.24, 2.45) is 5.92 Å². The predicted molar refractivity (Wildman–Crippen MR) is 120 cm³/mol. The molecule has 0 aliphatic heterocycles. The van der Waals surface area contributed by atoms with E-state index in [2.05, 4.69) is 13.0 Å². The molecule has 0 unspecified atom stereocenters. The quantitative estimate of drug-likeness (QED) is 0.371. The summed E-state index contributed by atoms with van der Waals surface area (Å²) >= 11 is 0. The highest BCUT2D eigenvalue weighted by atomic mass is 16.5. The van der Waals surface area contributed by atoms with Gasteiger partial charge in [-0.2, -0.15) is 10.5 Å². The first-order valence-electron chi connectivity index (χ1n) is 10.7. The largest absolute Gasteiger partial charge is 0.421 e. The lowest BCUT2D eigenvalue weighted by Gasteiger charge is -2.26. The van der Waals surface area contributed by atoms with Gasteiger partial charge in [0.25, 0.3) is 0 Å². The van der Waals surface area contributed by atoms with Gasteiger partial charge in [-0.1, -0.05) is 50.1 Å². The van der Waals surface area contributed by atoms with Gasteiger partial charge in [0.05, 0.1) is 11.1 Å². The minimum atomic E-state index is -0.529. The molecule has 3 aromatic carbocycles.